The number of aromatic nitrogens is 2. The van der Waals surface area contributed by atoms with Crippen molar-refractivity contribution in [2.24, 2.45) is 0 Å². The first-order valence-electron chi connectivity index (χ1n) is 10.1. The smallest absolute Gasteiger partial charge is 0.475 e. The van der Waals surface area contributed by atoms with E-state index in [1.165, 1.54) is 5.56 Å². The van der Waals surface area contributed by atoms with Crippen LogP contribution in [-0.2, 0) is 33.8 Å². The van der Waals surface area contributed by atoms with Crippen LogP contribution in [0.3, 0.4) is 0 Å². The van der Waals surface area contributed by atoms with Gasteiger partial charge in [0.1, 0.15) is 5.82 Å². The lowest BCUT2D eigenvalue weighted by atomic mass is 10.2. The second-order valence-electron chi connectivity index (χ2n) is 7.53. The van der Waals surface area contributed by atoms with Gasteiger partial charge in [-0.05, 0) is 29.3 Å². The highest BCUT2D eigenvalue weighted by Crippen LogP contribution is 2.27. The van der Waals surface area contributed by atoms with Gasteiger partial charge in [0, 0.05) is 38.9 Å². The van der Waals surface area contributed by atoms with E-state index in [4.69, 9.17) is 19.6 Å². The highest BCUT2D eigenvalue weighted by molar-refractivity contribution is 7.07. The predicted octanol–water partition coefficient (Wildman–Crippen LogP) is 2.56. The fourth-order valence-corrected chi connectivity index (χ4v) is 4.25. The Kier molecular flexibility index (Phi) is 7.91. The van der Waals surface area contributed by atoms with E-state index in [0.717, 1.165) is 31.2 Å². The Morgan fingerprint density at radius 3 is 2.53 bits per heavy atom. The monoisotopic (exact) mass is 474 g/mol. The SMILES string of the molecule is CC1c2nc(CC(=O)N3CCOCC3)cn2CCN1Cc1ccsc1.O=C(O)C(F)(F)F. The summed E-state index contributed by atoms with van der Waals surface area (Å²) >= 11 is 1.74. The van der Waals surface area contributed by atoms with Crippen molar-refractivity contribution in [1.82, 2.24) is 19.4 Å². The van der Waals surface area contributed by atoms with Crippen molar-refractivity contribution < 1.29 is 32.6 Å². The average molecular weight is 475 g/mol. The maximum absolute atomic E-state index is 12.4. The van der Waals surface area contributed by atoms with Crippen LogP contribution in [0.1, 0.15) is 30.0 Å². The number of ether oxygens (including phenoxy) is 1. The Labute approximate surface area is 187 Å². The summed E-state index contributed by atoms with van der Waals surface area (Å²) in [5.74, 6) is -1.53. The van der Waals surface area contributed by atoms with Crippen molar-refractivity contribution >= 4 is 23.2 Å². The minimum atomic E-state index is -5.08. The maximum atomic E-state index is 12.4. The fraction of sp³-hybridized carbons (Fsp3) is 0.550. The van der Waals surface area contributed by atoms with E-state index >= 15 is 0 Å². The third-order valence-corrected chi connectivity index (χ3v) is 6.04. The molecule has 2 aliphatic heterocycles. The largest absolute Gasteiger partial charge is 0.490 e. The lowest BCUT2D eigenvalue weighted by molar-refractivity contribution is -0.192. The van der Waals surface area contributed by atoms with Gasteiger partial charge in [-0.2, -0.15) is 24.5 Å². The van der Waals surface area contributed by atoms with Crippen LogP contribution in [0.15, 0.2) is 23.0 Å². The molecule has 0 radical (unpaired) electrons. The molecule has 176 valence electrons. The van der Waals surface area contributed by atoms with Crippen LogP contribution in [0.25, 0.3) is 0 Å². The number of aliphatic carboxylic acids is 1. The van der Waals surface area contributed by atoms with Crippen LogP contribution in [0, 0.1) is 0 Å². The summed E-state index contributed by atoms with van der Waals surface area (Å²) in [4.78, 5) is 30.5. The number of carbonyl (C=O) groups excluding carboxylic acids is 1. The van der Waals surface area contributed by atoms with Gasteiger partial charge in [0.15, 0.2) is 0 Å². The Morgan fingerprint density at radius 2 is 1.94 bits per heavy atom. The third-order valence-electron chi connectivity index (χ3n) is 5.31. The van der Waals surface area contributed by atoms with Gasteiger partial charge in [0.25, 0.3) is 0 Å². The zero-order valence-corrected chi connectivity index (χ0v) is 18.4. The molecule has 0 spiro atoms. The number of morpholine rings is 1. The molecule has 1 fully saturated rings. The molecule has 2 aromatic heterocycles. The molecule has 1 saturated heterocycles. The van der Waals surface area contributed by atoms with Gasteiger partial charge in [0.2, 0.25) is 5.91 Å². The molecule has 4 rings (SSSR count). The zero-order valence-electron chi connectivity index (χ0n) is 17.5. The summed E-state index contributed by atoms with van der Waals surface area (Å²) in [6.45, 7) is 7.77. The topological polar surface area (TPSA) is 87.9 Å². The van der Waals surface area contributed by atoms with Crippen LogP contribution in [0.2, 0.25) is 0 Å². The number of halogens is 3. The molecule has 1 unspecified atom stereocenters. The summed E-state index contributed by atoms with van der Waals surface area (Å²) < 4.78 is 39.3. The molecule has 2 aromatic rings. The number of carbonyl (C=O) groups is 2. The first kappa shape index (κ1) is 24.2. The molecule has 32 heavy (non-hydrogen) atoms. The predicted molar refractivity (Wildman–Crippen MR) is 110 cm³/mol. The number of fused-ring (bicyclic) bond motifs is 1. The van der Waals surface area contributed by atoms with E-state index in [-0.39, 0.29) is 11.9 Å². The number of thiophene rings is 1. The highest BCUT2D eigenvalue weighted by atomic mass is 32.1. The Balaban J connectivity index is 0.000000360. The van der Waals surface area contributed by atoms with E-state index < -0.39 is 12.1 Å². The fourth-order valence-electron chi connectivity index (χ4n) is 3.59. The van der Waals surface area contributed by atoms with E-state index in [1.807, 2.05) is 4.90 Å². The van der Waals surface area contributed by atoms with Crippen LogP contribution in [-0.4, -0.2) is 75.4 Å². The van der Waals surface area contributed by atoms with Gasteiger partial charge in [-0.25, -0.2) is 9.78 Å². The zero-order chi connectivity index (χ0) is 23.3. The molecule has 1 N–H and O–H groups in total. The summed E-state index contributed by atoms with van der Waals surface area (Å²) in [5.41, 5.74) is 2.25. The normalized spacial score (nSPS) is 19.1. The van der Waals surface area contributed by atoms with Crippen LogP contribution in [0.4, 0.5) is 13.2 Å². The van der Waals surface area contributed by atoms with Crippen molar-refractivity contribution in [3.63, 3.8) is 0 Å². The summed E-state index contributed by atoms with van der Waals surface area (Å²) in [6.07, 6.45) is -2.64. The standard InChI is InChI=1S/C18H24N4O2S.C2HF3O2/c1-14-18-19-16(10-17(23)20-5-7-24-8-6-20)12-22(18)4-3-21(14)11-15-2-9-25-13-15;3-2(4,5)1(6)7/h2,9,12-14H,3-8,10-11H2,1H3;(H,6,7). The van der Waals surface area contributed by atoms with Crippen molar-refractivity contribution in [2.45, 2.75) is 38.7 Å². The van der Waals surface area contributed by atoms with Crippen molar-refractivity contribution in [2.75, 3.05) is 32.8 Å². The van der Waals surface area contributed by atoms with Crippen molar-refractivity contribution in [1.29, 1.82) is 0 Å². The molecule has 4 heterocycles. The Morgan fingerprint density at radius 1 is 1.25 bits per heavy atom. The molecule has 2 aliphatic rings. The molecular weight excluding hydrogens is 449 g/mol. The molecule has 0 aliphatic carbocycles. The van der Waals surface area contributed by atoms with Gasteiger partial charge >= 0.3 is 12.1 Å². The molecule has 1 amide bonds. The third kappa shape index (κ3) is 6.30. The highest BCUT2D eigenvalue weighted by Gasteiger charge is 2.38. The van der Waals surface area contributed by atoms with Crippen LogP contribution >= 0.6 is 11.3 Å². The molecule has 8 nitrogen and oxygen atoms in total. The van der Waals surface area contributed by atoms with Crippen LogP contribution in [0.5, 0.6) is 0 Å². The summed E-state index contributed by atoms with van der Waals surface area (Å²) in [5, 5.41) is 11.5. The molecular formula is C20H25F3N4O4S. The number of hydrogen-bond acceptors (Lipinski definition) is 6. The summed E-state index contributed by atoms with van der Waals surface area (Å²) in [7, 11) is 0. The molecule has 0 aromatic carbocycles. The number of imidazole rings is 1. The second-order valence-corrected chi connectivity index (χ2v) is 8.31. The molecule has 12 heteroatoms. The maximum Gasteiger partial charge on any atom is 0.490 e. The molecule has 1 atom stereocenters. The van der Waals surface area contributed by atoms with E-state index in [1.54, 1.807) is 11.3 Å². The number of alkyl halides is 3. The van der Waals surface area contributed by atoms with Crippen molar-refractivity contribution in [3.8, 4) is 0 Å². The number of carboxylic acid groups (broad SMARTS) is 1. The Bertz CT molecular complexity index is 911. The number of carboxylic acids is 1. The first-order chi connectivity index (χ1) is 15.1. The lowest BCUT2D eigenvalue weighted by Crippen LogP contribution is -2.41. The number of amides is 1. The number of rotatable bonds is 4. The van der Waals surface area contributed by atoms with Crippen molar-refractivity contribution in [3.05, 3.63) is 40.1 Å². The Hall–Kier alpha value is -2.44. The van der Waals surface area contributed by atoms with Crippen LogP contribution < -0.4 is 0 Å². The quantitative estimate of drug-likeness (QED) is 0.733. The minimum absolute atomic E-state index is 0.154. The second kappa shape index (κ2) is 10.5. The van der Waals surface area contributed by atoms with E-state index in [0.29, 0.717) is 32.7 Å². The number of hydrogen-bond donors (Lipinski definition) is 1. The lowest BCUT2D eigenvalue weighted by Gasteiger charge is -2.33. The minimum Gasteiger partial charge on any atom is -0.475 e. The average Bonchev–Trinajstić information content (AvgIpc) is 3.40. The number of nitrogens with zero attached hydrogens (tertiary/aromatic N) is 4. The van der Waals surface area contributed by atoms with Gasteiger partial charge in [0.05, 0.1) is 31.4 Å². The molecule has 0 saturated carbocycles. The van der Waals surface area contributed by atoms with E-state index in [2.05, 4.69) is 39.4 Å². The first-order valence-corrected chi connectivity index (χ1v) is 11.1. The van der Waals surface area contributed by atoms with Gasteiger partial charge in [-0.15, -0.1) is 0 Å². The van der Waals surface area contributed by atoms with Gasteiger partial charge in [-0.3, -0.25) is 9.69 Å². The van der Waals surface area contributed by atoms with Gasteiger partial charge < -0.3 is 19.3 Å². The van der Waals surface area contributed by atoms with Gasteiger partial charge in [-0.1, -0.05) is 0 Å². The molecule has 0 bridgehead atoms. The summed E-state index contributed by atoms with van der Waals surface area (Å²) in [6, 6.07) is 2.45. The van der Waals surface area contributed by atoms with E-state index in [9.17, 15) is 18.0 Å².